The fraction of sp³-hybridized carbons (Fsp3) is 0.421. The number of benzene rings is 1. The number of hydrogen-bond acceptors (Lipinski definition) is 6. The van der Waals surface area contributed by atoms with E-state index in [-0.39, 0.29) is 45.8 Å². The van der Waals surface area contributed by atoms with Gasteiger partial charge in [-0.3, -0.25) is 14.4 Å². The van der Waals surface area contributed by atoms with Crippen LogP contribution in [0.4, 0.5) is 0 Å². The summed E-state index contributed by atoms with van der Waals surface area (Å²) in [6.45, 7) is 6.08. The molecule has 0 spiro atoms. The van der Waals surface area contributed by atoms with Gasteiger partial charge in [0.1, 0.15) is 11.5 Å². The van der Waals surface area contributed by atoms with Crippen molar-refractivity contribution in [2.45, 2.75) is 20.3 Å². The van der Waals surface area contributed by atoms with E-state index in [1.807, 2.05) is 7.05 Å². The predicted molar refractivity (Wildman–Crippen MR) is 96.8 cm³/mol. The molecule has 7 heteroatoms. The molecule has 1 saturated heterocycles. The Morgan fingerprint density at radius 2 is 1.92 bits per heavy atom. The van der Waals surface area contributed by atoms with Gasteiger partial charge in [-0.05, 0) is 32.5 Å². The molecule has 1 aromatic carbocycles. The Balaban J connectivity index is 2.02. The summed E-state index contributed by atoms with van der Waals surface area (Å²) in [4.78, 5) is 40.7. The molecule has 1 amide bonds. The van der Waals surface area contributed by atoms with Gasteiger partial charge in [-0.25, -0.2) is 0 Å². The Kier molecular flexibility index (Phi) is 4.82. The van der Waals surface area contributed by atoms with Crippen molar-refractivity contribution in [1.82, 2.24) is 9.80 Å². The van der Waals surface area contributed by atoms with Gasteiger partial charge in [0.05, 0.1) is 17.4 Å². The first-order valence-corrected chi connectivity index (χ1v) is 8.53. The zero-order valence-electron chi connectivity index (χ0n) is 15.2. The van der Waals surface area contributed by atoms with E-state index in [1.54, 1.807) is 18.7 Å². The van der Waals surface area contributed by atoms with E-state index in [0.717, 1.165) is 13.1 Å². The maximum atomic E-state index is 12.9. The smallest absolute Gasteiger partial charge is 0.227 e. The topological polar surface area (TPSA) is 91.1 Å². The summed E-state index contributed by atoms with van der Waals surface area (Å²) < 4.78 is 5.67. The molecule has 1 fully saturated rings. The zero-order valence-corrected chi connectivity index (χ0v) is 15.2. The van der Waals surface area contributed by atoms with Gasteiger partial charge in [0, 0.05) is 31.7 Å². The van der Waals surface area contributed by atoms with E-state index in [1.165, 1.54) is 6.07 Å². The minimum Gasteiger partial charge on any atom is -0.507 e. The largest absolute Gasteiger partial charge is 0.507 e. The number of phenols is 1. The minimum atomic E-state index is -0.336. The average molecular weight is 358 g/mol. The van der Waals surface area contributed by atoms with Crippen LogP contribution in [0, 0.1) is 13.8 Å². The number of amides is 1. The number of fused-ring (bicyclic) bond motifs is 1. The Bertz CT molecular complexity index is 939. The first-order chi connectivity index (χ1) is 12.3. The second-order valence-corrected chi connectivity index (χ2v) is 6.78. The average Bonchev–Trinajstić information content (AvgIpc) is 2.61. The number of phenolic OH excluding ortho intramolecular Hbond substituents is 1. The number of carbonyl (C=O) groups excluding carboxylic acids is 2. The molecule has 0 radical (unpaired) electrons. The molecule has 1 aliphatic heterocycles. The van der Waals surface area contributed by atoms with Crippen molar-refractivity contribution in [3.05, 3.63) is 38.7 Å². The highest BCUT2D eigenvalue weighted by Gasteiger charge is 2.23. The van der Waals surface area contributed by atoms with E-state index < -0.39 is 0 Å². The van der Waals surface area contributed by atoms with Crippen molar-refractivity contribution >= 4 is 23.2 Å². The van der Waals surface area contributed by atoms with Gasteiger partial charge in [-0.2, -0.15) is 0 Å². The van der Waals surface area contributed by atoms with Crippen LogP contribution >= 0.6 is 0 Å². The van der Waals surface area contributed by atoms with Crippen LogP contribution in [0.1, 0.15) is 27.2 Å². The van der Waals surface area contributed by atoms with Crippen LogP contribution in [-0.2, 0) is 11.2 Å². The van der Waals surface area contributed by atoms with Crippen molar-refractivity contribution in [3.63, 3.8) is 0 Å². The van der Waals surface area contributed by atoms with Crippen molar-refractivity contribution < 1.29 is 19.1 Å². The summed E-state index contributed by atoms with van der Waals surface area (Å²) in [5.74, 6) is -0.0217. The highest BCUT2D eigenvalue weighted by molar-refractivity contribution is 5.98. The molecule has 2 heterocycles. The normalized spacial score (nSPS) is 15.4. The molecule has 0 saturated carbocycles. The highest BCUT2D eigenvalue weighted by Crippen LogP contribution is 2.29. The maximum absolute atomic E-state index is 12.9. The number of piperazine rings is 1. The molecule has 0 unspecified atom stereocenters. The Labute approximate surface area is 150 Å². The Hall–Kier alpha value is -2.67. The van der Waals surface area contributed by atoms with Crippen molar-refractivity contribution in [2.24, 2.45) is 0 Å². The summed E-state index contributed by atoms with van der Waals surface area (Å²) in [6.07, 6.45) is 0.437. The highest BCUT2D eigenvalue weighted by atomic mass is 16.3. The van der Waals surface area contributed by atoms with E-state index in [4.69, 9.17) is 4.42 Å². The monoisotopic (exact) mass is 358 g/mol. The maximum Gasteiger partial charge on any atom is 0.227 e. The number of rotatable bonds is 3. The lowest BCUT2D eigenvalue weighted by molar-refractivity contribution is -0.132. The fourth-order valence-corrected chi connectivity index (χ4v) is 3.26. The SMILES string of the molecule is Cc1cc2c(=O)c(CC(=O)N3CCN(C)CC3)c(C)oc2c(C=O)c1O. The lowest BCUT2D eigenvalue weighted by Crippen LogP contribution is -2.47. The molecule has 3 rings (SSSR count). The van der Waals surface area contributed by atoms with Gasteiger partial charge in [0.25, 0.3) is 0 Å². The molecule has 1 aliphatic rings. The molecule has 0 atom stereocenters. The molecule has 26 heavy (non-hydrogen) atoms. The molecule has 0 bridgehead atoms. The molecular weight excluding hydrogens is 336 g/mol. The first kappa shape index (κ1) is 18.1. The zero-order chi connectivity index (χ0) is 19.0. The van der Waals surface area contributed by atoms with Crippen LogP contribution in [0.15, 0.2) is 15.3 Å². The molecule has 1 aromatic heterocycles. The number of nitrogens with zero attached hydrogens (tertiary/aromatic N) is 2. The predicted octanol–water partition coefficient (Wildman–Crippen LogP) is 1.24. The second-order valence-electron chi connectivity index (χ2n) is 6.78. The molecule has 138 valence electrons. The third-order valence-electron chi connectivity index (χ3n) is 4.98. The molecular formula is C19H22N2O5. The Morgan fingerprint density at radius 1 is 1.27 bits per heavy atom. The first-order valence-electron chi connectivity index (χ1n) is 8.53. The second kappa shape index (κ2) is 6.92. The number of aryl methyl sites for hydroxylation is 2. The standard InChI is InChI=1S/C19H22N2O5/c1-11-8-14-18(25)13(9-16(23)21-6-4-20(3)5-7-21)12(2)26-19(14)15(10-22)17(11)24/h8,10,24H,4-7,9H2,1-3H3. The van der Waals surface area contributed by atoms with Gasteiger partial charge in [-0.15, -0.1) is 0 Å². The van der Waals surface area contributed by atoms with Crippen LogP contribution in [0.2, 0.25) is 0 Å². The van der Waals surface area contributed by atoms with Crippen LogP contribution in [0.25, 0.3) is 11.0 Å². The van der Waals surface area contributed by atoms with Gasteiger partial charge in [0.15, 0.2) is 17.3 Å². The van der Waals surface area contributed by atoms with Crippen LogP contribution in [0.5, 0.6) is 5.75 Å². The number of likely N-dealkylation sites (N-methyl/N-ethyl adjacent to an activating group) is 1. The lowest BCUT2D eigenvalue weighted by Gasteiger charge is -2.32. The van der Waals surface area contributed by atoms with Gasteiger partial charge < -0.3 is 19.3 Å². The number of aldehydes is 1. The number of carbonyl (C=O) groups is 2. The van der Waals surface area contributed by atoms with Crippen LogP contribution < -0.4 is 5.43 Å². The third kappa shape index (κ3) is 3.10. The number of hydrogen-bond donors (Lipinski definition) is 1. The lowest BCUT2D eigenvalue weighted by atomic mass is 10.0. The quantitative estimate of drug-likeness (QED) is 0.831. The van der Waals surface area contributed by atoms with Crippen LogP contribution in [0.3, 0.4) is 0 Å². The summed E-state index contributed by atoms with van der Waals surface area (Å²) >= 11 is 0. The minimum absolute atomic E-state index is 0.0375. The third-order valence-corrected chi connectivity index (χ3v) is 4.98. The summed E-state index contributed by atoms with van der Waals surface area (Å²) in [6, 6.07) is 1.49. The van der Waals surface area contributed by atoms with Gasteiger partial charge >= 0.3 is 0 Å². The van der Waals surface area contributed by atoms with Crippen LogP contribution in [-0.4, -0.2) is 60.3 Å². The van der Waals surface area contributed by atoms with Crippen molar-refractivity contribution in [2.75, 3.05) is 33.2 Å². The summed E-state index contributed by atoms with van der Waals surface area (Å²) in [5.41, 5.74) is 0.381. The molecule has 0 aliphatic carbocycles. The summed E-state index contributed by atoms with van der Waals surface area (Å²) in [7, 11) is 2.01. The van der Waals surface area contributed by atoms with E-state index in [2.05, 4.69) is 4.90 Å². The van der Waals surface area contributed by atoms with E-state index >= 15 is 0 Å². The Morgan fingerprint density at radius 3 is 2.54 bits per heavy atom. The van der Waals surface area contributed by atoms with Crippen molar-refractivity contribution in [1.29, 1.82) is 0 Å². The van der Waals surface area contributed by atoms with Gasteiger partial charge in [-0.1, -0.05) is 0 Å². The van der Waals surface area contributed by atoms with Gasteiger partial charge in [0.2, 0.25) is 5.91 Å². The fourth-order valence-electron chi connectivity index (χ4n) is 3.26. The van der Waals surface area contributed by atoms with Crippen molar-refractivity contribution in [3.8, 4) is 5.75 Å². The van der Waals surface area contributed by atoms with E-state index in [0.29, 0.717) is 30.5 Å². The molecule has 2 aromatic rings. The summed E-state index contributed by atoms with van der Waals surface area (Å²) in [5, 5.41) is 10.2. The molecule has 7 nitrogen and oxygen atoms in total. The number of aromatic hydroxyl groups is 1. The molecule has 1 N–H and O–H groups in total. The van der Waals surface area contributed by atoms with E-state index in [9.17, 15) is 19.5 Å².